The summed E-state index contributed by atoms with van der Waals surface area (Å²) in [6, 6.07) is 3.10. The summed E-state index contributed by atoms with van der Waals surface area (Å²) in [5, 5.41) is 4.27. The van der Waals surface area contributed by atoms with Gasteiger partial charge in [-0.25, -0.2) is 8.78 Å². The third-order valence-electron chi connectivity index (χ3n) is 2.51. The topological polar surface area (TPSA) is 74.2 Å². The minimum Gasteiger partial charge on any atom is -0.396 e. The minimum absolute atomic E-state index is 0.0760. The van der Waals surface area contributed by atoms with Gasteiger partial charge in [0.25, 0.3) is 12.3 Å². The number of alkyl halides is 2. The summed E-state index contributed by atoms with van der Waals surface area (Å²) in [4.78, 5) is 4.11. The van der Waals surface area contributed by atoms with E-state index in [-0.39, 0.29) is 34.7 Å². The summed E-state index contributed by atoms with van der Waals surface area (Å²) >= 11 is 11.8. The van der Waals surface area contributed by atoms with Gasteiger partial charge in [0.1, 0.15) is 6.61 Å². The molecule has 0 fully saturated rings. The van der Waals surface area contributed by atoms with Crippen molar-refractivity contribution in [1.82, 2.24) is 10.1 Å². The van der Waals surface area contributed by atoms with Gasteiger partial charge in [0.15, 0.2) is 5.82 Å². The predicted octanol–water partition coefficient (Wildman–Crippen LogP) is 3.45. The van der Waals surface area contributed by atoms with Crippen LogP contribution in [0.15, 0.2) is 16.7 Å². The molecule has 0 amide bonds. The van der Waals surface area contributed by atoms with Crippen LogP contribution in [-0.4, -0.2) is 29.8 Å². The second-order valence-electron chi connectivity index (χ2n) is 4.09. The quantitative estimate of drug-likeness (QED) is 0.645. The first kappa shape index (κ1) is 15.9. The van der Waals surface area contributed by atoms with Gasteiger partial charge in [-0.15, -0.1) is 0 Å². The molecule has 1 aromatic carbocycles. The molecule has 2 rings (SSSR count). The second kappa shape index (κ2) is 7.02. The molecular weight excluding hydrogens is 327 g/mol. The molecular formula is C12H11Cl2F2N3O2. The van der Waals surface area contributed by atoms with Gasteiger partial charge in [0, 0.05) is 12.0 Å². The molecule has 5 nitrogen and oxygen atoms in total. The van der Waals surface area contributed by atoms with Crippen LogP contribution in [0.25, 0.3) is 11.5 Å². The Kier molecular flexibility index (Phi) is 5.33. The molecule has 0 spiro atoms. The van der Waals surface area contributed by atoms with Crippen LogP contribution in [-0.2, 0) is 11.2 Å². The highest BCUT2D eigenvalue weighted by atomic mass is 35.5. The van der Waals surface area contributed by atoms with Crippen LogP contribution in [0, 0.1) is 0 Å². The van der Waals surface area contributed by atoms with Gasteiger partial charge >= 0.3 is 0 Å². The van der Waals surface area contributed by atoms with E-state index >= 15 is 0 Å². The predicted molar refractivity (Wildman–Crippen MR) is 74.7 cm³/mol. The molecule has 0 radical (unpaired) electrons. The lowest BCUT2D eigenvalue weighted by Crippen LogP contribution is -2.07. The number of rotatable bonds is 6. The van der Waals surface area contributed by atoms with Crippen LogP contribution >= 0.6 is 23.2 Å². The van der Waals surface area contributed by atoms with Gasteiger partial charge in [0.2, 0.25) is 0 Å². The van der Waals surface area contributed by atoms with Crippen molar-refractivity contribution < 1.29 is 18.0 Å². The summed E-state index contributed by atoms with van der Waals surface area (Å²) in [5.74, 6) is 0.547. The Hall–Kier alpha value is -1.44. The molecule has 21 heavy (non-hydrogen) atoms. The van der Waals surface area contributed by atoms with Gasteiger partial charge < -0.3 is 15.0 Å². The fourth-order valence-corrected chi connectivity index (χ4v) is 2.00. The Morgan fingerprint density at radius 3 is 2.57 bits per heavy atom. The molecule has 114 valence electrons. The molecule has 0 saturated carbocycles. The first-order valence-electron chi connectivity index (χ1n) is 5.90. The second-order valence-corrected chi connectivity index (χ2v) is 4.90. The Morgan fingerprint density at radius 1 is 1.29 bits per heavy atom. The van der Waals surface area contributed by atoms with Crippen LogP contribution in [0.5, 0.6) is 0 Å². The molecule has 0 saturated heterocycles. The van der Waals surface area contributed by atoms with E-state index in [1.807, 2.05) is 0 Å². The highest BCUT2D eigenvalue weighted by Crippen LogP contribution is 2.32. The molecule has 0 unspecified atom stereocenters. The van der Waals surface area contributed by atoms with Crippen LogP contribution < -0.4 is 5.73 Å². The summed E-state index contributed by atoms with van der Waals surface area (Å²) in [6.07, 6.45) is -2.24. The van der Waals surface area contributed by atoms with Crippen LogP contribution in [0.4, 0.5) is 14.5 Å². The smallest absolute Gasteiger partial charge is 0.261 e. The van der Waals surface area contributed by atoms with E-state index in [1.165, 1.54) is 0 Å². The number of nitrogens with zero attached hydrogens (tertiary/aromatic N) is 2. The van der Waals surface area contributed by atoms with E-state index in [0.717, 1.165) is 0 Å². The molecule has 9 heteroatoms. The van der Waals surface area contributed by atoms with Gasteiger partial charge in [-0.1, -0.05) is 28.4 Å². The average molecular weight is 338 g/mol. The number of hydrogen-bond donors (Lipinski definition) is 1. The Morgan fingerprint density at radius 2 is 1.95 bits per heavy atom. The molecule has 0 bridgehead atoms. The number of nitrogen functional groups attached to an aromatic ring is 1. The highest BCUT2D eigenvalue weighted by molar-refractivity contribution is 6.39. The number of anilines is 1. The molecule has 0 aliphatic carbocycles. The maximum Gasteiger partial charge on any atom is 0.261 e. The fraction of sp³-hybridized carbons (Fsp3) is 0.333. The monoisotopic (exact) mass is 337 g/mol. The average Bonchev–Trinajstić information content (AvgIpc) is 2.89. The normalized spacial score (nSPS) is 11.3. The maximum atomic E-state index is 11.9. The van der Waals surface area contributed by atoms with E-state index in [1.54, 1.807) is 12.1 Å². The molecule has 2 N–H and O–H groups in total. The van der Waals surface area contributed by atoms with Crippen molar-refractivity contribution >= 4 is 28.9 Å². The van der Waals surface area contributed by atoms with Crippen molar-refractivity contribution in [1.29, 1.82) is 0 Å². The van der Waals surface area contributed by atoms with E-state index in [2.05, 4.69) is 10.1 Å². The van der Waals surface area contributed by atoms with Crippen molar-refractivity contribution in [3.05, 3.63) is 28.0 Å². The van der Waals surface area contributed by atoms with E-state index in [9.17, 15) is 8.78 Å². The molecule has 0 aliphatic heterocycles. The van der Waals surface area contributed by atoms with Gasteiger partial charge in [0.05, 0.1) is 22.3 Å². The minimum atomic E-state index is -2.50. The number of benzene rings is 1. The van der Waals surface area contributed by atoms with Crippen molar-refractivity contribution in [3.63, 3.8) is 0 Å². The van der Waals surface area contributed by atoms with Crippen molar-refractivity contribution in [3.8, 4) is 11.5 Å². The SMILES string of the molecule is Nc1c(Cl)cc(-c2nc(CCOCC(F)F)no2)cc1Cl. The highest BCUT2D eigenvalue weighted by Gasteiger charge is 2.13. The summed E-state index contributed by atoms with van der Waals surface area (Å²) in [7, 11) is 0. The lowest BCUT2D eigenvalue weighted by molar-refractivity contribution is 0.0182. The van der Waals surface area contributed by atoms with E-state index < -0.39 is 13.0 Å². The van der Waals surface area contributed by atoms with Crippen LogP contribution in [0.3, 0.4) is 0 Å². The molecule has 2 aromatic rings. The number of hydrogen-bond acceptors (Lipinski definition) is 5. The fourth-order valence-electron chi connectivity index (χ4n) is 1.52. The third-order valence-corrected chi connectivity index (χ3v) is 3.13. The van der Waals surface area contributed by atoms with Crippen molar-refractivity contribution in [2.75, 3.05) is 18.9 Å². The summed E-state index contributed by atoms with van der Waals surface area (Å²) < 4.78 is 33.6. The van der Waals surface area contributed by atoms with Gasteiger partial charge in [-0.05, 0) is 12.1 Å². The molecule has 0 aliphatic rings. The Labute approximate surface area is 129 Å². The number of nitrogens with two attached hydrogens (primary N) is 1. The van der Waals surface area contributed by atoms with Crippen LogP contribution in [0.1, 0.15) is 5.82 Å². The molecule has 0 atom stereocenters. The number of aromatic nitrogens is 2. The van der Waals surface area contributed by atoms with Crippen molar-refractivity contribution in [2.45, 2.75) is 12.8 Å². The Balaban J connectivity index is 2.03. The first-order chi connectivity index (χ1) is 9.97. The zero-order chi connectivity index (χ0) is 15.4. The van der Waals surface area contributed by atoms with Gasteiger partial charge in [-0.2, -0.15) is 4.98 Å². The van der Waals surface area contributed by atoms with Gasteiger partial charge in [-0.3, -0.25) is 0 Å². The standard InChI is InChI=1S/C12H11Cl2F2N3O2/c13-7-3-6(4-8(14)11(7)17)12-18-10(19-21-12)1-2-20-5-9(15)16/h3-4,9H,1-2,5,17H2. The molecule has 1 aromatic heterocycles. The Bertz CT molecular complexity index is 599. The lowest BCUT2D eigenvalue weighted by atomic mass is 10.2. The zero-order valence-electron chi connectivity index (χ0n) is 10.7. The lowest BCUT2D eigenvalue weighted by Gasteiger charge is -2.02. The zero-order valence-corrected chi connectivity index (χ0v) is 12.2. The van der Waals surface area contributed by atoms with E-state index in [0.29, 0.717) is 11.4 Å². The first-order valence-corrected chi connectivity index (χ1v) is 6.66. The maximum absolute atomic E-state index is 11.9. The summed E-state index contributed by atoms with van der Waals surface area (Å²) in [5.41, 5.74) is 6.42. The largest absolute Gasteiger partial charge is 0.396 e. The van der Waals surface area contributed by atoms with E-state index in [4.69, 9.17) is 38.2 Å². The van der Waals surface area contributed by atoms with Crippen LogP contribution in [0.2, 0.25) is 10.0 Å². The van der Waals surface area contributed by atoms with Crippen molar-refractivity contribution in [2.24, 2.45) is 0 Å². The number of halogens is 4. The summed E-state index contributed by atoms with van der Waals surface area (Å²) in [6.45, 7) is -0.541. The molecule has 1 heterocycles. The third kappa shape index (κ3) is 4.26. The number of ether oxygens (including phenoxy) is 1.